The monoisotopic (exact) mass is 359 g/mol. The van der Waals surface area contributed by atoms with E-state index >= 15 is 0 Å². The Morgan fingerprint density at radius 2 is 1.35 bits per heavy atom. The Balaban J connectivity index is 1.94. The van der Waals surface area contributed by atoms with Gasteiger partial charge < -0.3 is 0 Å². The quantitative estimate of drug-likeness (QED) is 0.283. The summed E-state index contributed by atoms with van der Waals surface area (Å²) in [6, 6.07) is 27.0. The van der Waals surface area contributed by atoms with Gasteiger partial charge in [0.25, 0.3) is 0 Å². The fraction of sp³-hybridized carbons (Fsp3) is 0. The second kappa shape index (κ2) is 6.90. The zero-order valence-corrected chi connectivity index (χ0v) is 14.6. The first-order chi connectivity index (χ1) is 12.7. The van der Waals surface area contributed by atoms with E-state index < -0.39 is 0 Å². The third-order valence-corrected chi connectivity index (χ3v) is 5.25. The molecule has 0 bridgehead atoms. The van der Waals surface area contributed by atoms with Gasteiger partial charge in [0.05, 0.1) is 10.5 Å². The minimum Gasteiger partial charge on any atom is -0.258 e. The van der Waals surface area contributed by atoms with E-state index in [0.29, 0.717) is 5.69 Å². The minimum absolute atomic E-state index is 0.0953. The summed E-state index contributed by atoms with van der Waals surface area (Å²) >= 11 is 1.50. The lowest BCUT2D eigenvalue weighted by Gasteiger charge is -1.99. The van der Waals surface area contributed by atoms with Crippen molar-refractivity contribution in [2.75, 3.05) is 0 Å². The molecule has 0 aliphatic carbocycles. The number of rotatable bonds is 4. The molecule has 0 unspecified atom stereocenters. The van der Waals surface area contributed by atoms with Crippen LogP contribution in [0, 0.1) is 10.1 Å². The van der Waals surface area contributed by atoms with Gasteiger partial charge in [0, 0.05) is 12.1 Å². The lowest BCUT2D eigenvalue weighted by molar-refractivity contribution is -0.528. The van der Waals surface area contributed by atoms with Crippen LogP contribution in [0.3, 0.4) is 0 Å². The summed E-state index contributed by atoms with van der Waals surface area (Å²) in [7, 11) is 0. The molecule has 126 valence electrons. The molecule has 0 aliphatic rings. The van der Waals surface area contributed by atoms with Gasteiger partial charge in [0.2, 0.25) is 0 Å². The van der Waals surface area contributed by atoms with Gasteiger partial charge in [-0.1, -0.05) is 76.8 Å². The minimum atomic E-state index is -0.341. The highest BCUT2D eigenvalue weighted by molar-refractivity contribution is 7.06. The second-order valence-corrected chi connectivity index (χ2v) is 6.75. The van der Waals surface area contributed by atoms with Crippen LogP contribution < -0.4 is 3.96 Å². The van der Waals surface area contributed by atoms with Crippen LogP contribution in [0.15, 0.2) is 91.1 Å². The van der Waals surface area contributed by atoms with E-state index in [1.165, 1.54) is 17.6 Å². The van der Waals surface area contributed by atoms with E-state index in [1.807, 2.05) is 52.6 Å². The van der Waals surface area contributed by atoms with Crippen molar-refractivity contribution < 1.29 is 8.88 Å². The fourth-order valence-electron chi connectivity index (χ4n) is 2.89. The number of hydrogen-bond donors (Lipinski definition) is 0. The van der Waals surface area contributed by atoms with Crippen molar-refractivity contribution in [2.45, 2.75) is 0 Å². The Bertz CT molecular complexity index is 1000. The zero-order valence-electron chi connectivity index (χ0n) is 13.8. The SMILES string of the molecule is O=[N+]([O-])c1ccccc1-[n+]1cc(-c2ccccc2)c(-c2ccccc2)s1. The number of nitro groups is 1. The van der Waals surface area contributed by atoms with Crippen molar-refractivity contribution >= 4 is 17.2 Å². The molecule has 3 aromatic carbocycles. The first-order valence-electron chi connectivity index (χ1n) is 8.14. The normalized spacial score (nSPS) is 10.6. The number of benzene rings is 3. The highest BCUT2D eigenvalue weighted by Crippen LogP contribution is 2.35. The van der Waals surface area contributed by atoms with Gasteiger partial charge in [-0.15, -0.1) is 0 Å². The molecule has 4 rings (SSSR count). The Morgan fingerprint density at radius 3 is 2.00 bits per heavy atom. The van der Waals surface area contributed by atoms with E-state index in [-0.39, 0.29) is 10.6 Å². The van der Waals surface area contributed by atoms with Crippen LogP contribution in [-0.2, 0) is 0 Å². The Labute approximate surface area is 154 Å². The third-order valence-electron chi connectivity index (χ3n) is 4.12. The summed E-state index contributed by atoms with van der Waals surface area (Å²) in [5.41, 5.74) is 3.90. The maximum atomic E-state index is 11.4. The van der Waals surface area contributed by atoms with Gasteiger partial charge in [0.15, 0.2) is 6.20 Å². The molecular weight excluding hydrogens is 344 g/mol. The van der Waals surface area contributed by atoms with Crippen LogP contribution in [0.1, 0.15) is 0 Å². The molecule has 0 N–H and O–H groups in total. The highest BCUT2D eigenvalue weighted by Gasteiger charge is 2.27. The Hall–Kier alpha value is -3.31. The third kappa shape index (κ3) is 3.00. The van der Waals surface area contributed by atoms with Gasteiger partial charge in [-0.3, -0.25) is 10.1 Å². The van der Waals surface area contributed by atoms with E-state index in [9.17, 15) is 10.1 Å². The van der Waals surface area contributed by atoms with E-state index in [1.54, 1.807) is 12.1 Å². The van der Waals surface area contributed by atoms with Crippen molar-refractivity contribution in [2.24, 2.45) is 0 Å². The Morgan fingerprint density at radius 1 is 0.769 bits per heavy atom. The van der Waals surface area contributed by atoms with Crippen molar-refractivity contribution in [3.8, 4) is 27.3 Å². The molecule has 0 radical (unpaired) electrons. The number of para-hydroxylation sites is 2. The molecule has 0 saturated heterocycles. The van der Waals surface area contributed by atoms with Crippen molar-refractivity contribution in [1.82, 2.24) is 0 Å². The maximum Gasteiger partial charge on any atom is 0.341 e. The van der Waals surface area contributed by atoms with Gasteiger partial charge in [-0.25, -0.2) is 0 Å². The first kappa shape index (κ1) is 16.2. The first-order valence-corrected chi connectivity index (χ1v) is 8.92. The predicted molar refractivity (Wildman–Crippen MR) is 103 cm³/mol. The number of nitro benzene ring substituents is 1. The molecule has 0 amide bonds. The van der Waals surface area contributed by atoms with Gasteiger partial charge >= 0.3 is 11.4 Å². The largest absolute Gasteiger partial charge is 0.341 e. The molecule has 4 nitrogen and oxygen atoms in total. The van der Waals surface area contributed by atoms with Gasteiger partial charge in [0.1, 0.15) is 16.4 Å². The average molecular weight is 359 g/mol. The molecule has 26 heavy (non-hydrogen) atoms. The maximum absolute atomic E-state index is 11.4. The lowest BCUT2D eigenvalue weighted by atomic mass is 10.0. The van der Waals surface area contributed by atoms with E-state index in [4.69, 9.17) is 0 Å². The summed E-state index contributed by atoms with van der Waals surface area (Å²) in [6.45, 7) is 0. The fourth-order valence-corrected chi connectivity index (χ4v) is 4.01. The van der Waals surface area contributed by atoms with Crippen LogP contribution in [0.2, 0.25) is 0 Å². The summed E-state index contributed by atoms with van der Waals surface area (Å²) < 4.78 is 1.88. The standard InChI is InChI=1S/C21H15N2O2S/c24-23(25)20-14-8-7-13-19(20)22-15-18(16-9-3-1-4-10-16)21(26-22)17-11-5-2-6-12-17/h1-15H/q+1. The number of hydrogen-bond acceptors (Lipinski definition) is 3. The molecule has 0 aliphatic heterocycles. The molecule has 5 heteroatoms. The summed E-state index contributed by atoms with van der Waals surface area (Å²) in [6.07, 6.45) is 1.98. The highest BCUT2D eigenvalue weighted by atomic mass is 32.1. The van der Waals surface area contributed by atoms with Crippen LogP contribution in [0.25, 0.3) is 27.3 Å². The zero-order chi connectivity index (χ0) is 17.9. The van der Waals surface area contributed by atoms with Crippen molar-refractivity contribution in [3.05, 3.63) is 101 Å². The predicted octanol–water partition coefficient (Wildman–Crippen LogP) is 5.27. The molecule has 0 saturated carbocycles. The van der Waals surface area contributed by atoms with Crippen LogP contribution in [0.5, 0.6) is 0 Å². The lowest BCUT2D eigenvalue weighted by Crippen LogP contribution is -2.25. The number of nitrogens with zero attached hydrogens (tertiary/aromatic N) is 2. The van der Waals surface area contributed by atoms with Crippen LogP contribution in [0.4, 0.5) is 5.69 Å². The van der Waals surface area contributed by atoms with Crippen molar-refractivity contribution in [1.29, 1.82) is 0 Å². The molecule has 0 atom stereocenters. The van der Waals surface area contributed by atoms with E-state index in [0.717, 1.165) is 21.6 Å². The topological polar surface area (TPSA) is 47.0 Å². The second-order valence-electron chi connectivity index (χ2n) is 5.77. The van der Waals surface area contributed by atoms with Crippen LogP contribution >= 0.6 is 11.5 Å². The molecule has 4 aromatic rings. The van der Waals surface area contributed by atoms with Gasteiger partial charge in [-0.2, -0.15) is 0 Å². The average Bonchev–Trinajstić information content (AvgIpc) is 3.15. The Kier molecular flexibility index (Phi) is 4.29. The molecule has 0 fully saturated rings. The van der Waals surface area contributed by atoms with Crippen molar-refractivity contribution in [3.63, 3.8) is 0 Å². The molecule has 1 heterocycles. The molecule has 0 spiro atoms. The smallest absolute Gasteiger partial charge is 0.258 e. The summed E-state index contributed by atoms with van der Waals surface area (Å²) in [5, 5.41) is 11.4. The summed E-state index contributed by atoms with van der Waals surface area (Å²) in [5.74, 6) is 0. The molecule has 1 aromatic heterocycles. The van der Waals surface area contributed by atoms with E-state index in [2.05, 4.69) is 24.3 Å². The molecular formula is C21H15N2O2S+. The summed E-state index contributed by atoms with van der Waals surface area (Å²) in [4.78, 5) is 12.2. The van der Waals surface area contributed by atoms with Crippen LogP contribution in [-0.4, -0.2) is 4.92 Å². The number of aromatic nitrogens is 1. The van der Waals surface area contributed by atoms with Gasteiger partial charge in [-0.05, 0) is 11.1 Å².